The third-order valence-corrected chi connectivity index (χ3v) is 3.14. The van der Waals surface area contributed by atoms with Crippen molar-refractivity contribution in [1.29, 1.82) is 0 Å². The zero-order valence-corrected chi connectivity index (χ0v) is 9.64. The Morgan fingerprint density at radius 3 is 2.47 bits per heavy atom. The number of anilines is 1. The van der Waals surface area contributed by atoms with E-state index in [2.05, 4.69) is 10.3 Å². The fraction of sp³-hybridized carbons (Fsp3) is 0.300. The molecule has 4 nitrogen and oxygen atoms in total. The van der Waals surface area contributed by atoms with Crippen LogP contribution in [0.5, 0.6) is 11.5 Å². The SMILES string of the molecule is CNc1nc2cc(OC)c(OC)cc2s1. The molecule has 1 heterocycles. The highest BCUT2D eigenvalue weighted by molar-refractivity contribution is 7.22. The number of ether oxygens (including phenoxy) is 2. The first-order chi connectivity index (χ1) is 7.28. The number of benzene rings is 1. The second kappa shape index (κ2) is 3.94. The van der Waals surface area contributed by atoms with Gasteiger partial charge in [0.25, 0.3) is 0 Å². The smallest absolute Gasteiger partial charge is 0.183 e. The number of hydrogen-bond acceptors (Lipinski definition) is 5. The highest BCUT2D eigenvalue weighted by Gasteiger charge is 2.09. The summed E-state index contributed by atoms with van der Waals surface area (Å²) in [7, 11) is 5.10. The zero-order chi connectivity index (χ0) is 10.8. The molecular formula is C10H12N2O2S. The molecule has 0 spiro atoms. The molecule has 0 aliphatic carbocycles. The van der Waals surface area contributed by atoms with Crippen molar-refractivity contribution >= 4 is 26.7 Å². The fourth-order valence-electron chi connectivity index (χ4n) is 1.36. The Morgan fingerprint density at radius 2 is 1.87 bits per heavy atom. The summed E-state index contributed by atoms with van der Waals surface area (Å²) in [4.78, 5) is 4.39. The maximum Gasteiger partial charge on any atom is 0.183 e. The second-order valence-electron chi connectivity index (χ2n) is 2.94. The number of nitrogens with one attached hydrogen (secondary N) is 1. The van der Waals surface area contributed by atoms with E-state index in [-0.39, 0.29) is 0 Å². The Labute approximate surface area is 91.8 Å². The van der Waals surface area contributed by atoms with Gasteiger partial charge in [0.2, 0.25) is 0 Å². The molecule has 0 bridgehead atoms. The maximum absolute atomic E-state index is 5.22. The maximum atomic E-state index is 5.22. The van der Waals surface area contributed by atoms with Gasteiger partial charge in [-0.2, -0.15) is 0 Å². The van der Waals surface area contributed by atoms with Gasteiger partial charge in [-0.3, -0.25) is 0 Å². The fourth-order valence-corrected chi connectivity index (χ4v) is 2.19. The summed E-state index contributed by atoms with van der Waals surface area (Å²) in [6.45, 7) is 0. The first kappa shape index (κ1) is 10.0. The van der Waals surface area contributed by atoms with Crippen molar-refractivity contribution in [2.75, 3.05) is 26.6 Å². The molecule has 5 heteroatoms. The van der Waals surface area contributed by atoms with Crippen LogP contribution in [0.15, 0.2) is 12.1 Å². The number of rotatable bonds is 3. The molecule has 1 N–H and O–H groups in total. The molecule has 0 fully saturated rings. The van der Waals surface area contributed by atoms with Crippen molar-refractivity contribution < 1.29 is 9.47 Å². The first-order valence-electron chi connectivity index (χ1n) is 4.48. The molecule has 2 aromatic rings. The third kappa shape index (κ3) is 1.70. The number of hydrogen-bond donors (Lipinski definition) is 1. The van der Waals surface area contributed by atoms with Crippen LogP contribution in [0.25, 0.3) is 10.2 Å². The van der Waals surface area contributed by atoms with E-state index in [0.29, 0.717) is 5.75 Å². The Balaban J connectivity index is 2.61. The summed E-state index contributed by atoms with van der Waals surface area (Å²) >= 11 is 1.59. The summed E-state index contributed by atoms with van der Waals surface area (Å²) in [5, 5.41) is 3.91. The average Bonchev–Trinajstić information content (AvgIpc) is 2.68. The molecule has 0 saturated heterocycles. The number of fused-ring (bicyclic) bond motifs is 1. The summed E-state index contributed by atoms with van der Waals surface area (Å²) in [6, 6.07) is 3.82. The van der Waals surface area contributed by atoms with Crippen LogP contribution in [0.3, 0.4) is 0 Å². The topological polar surface area (TPSA) is 43.4 Å². The van der Waals surface area contributed by atoms with Gasteiger partial charge in [-0.05, 0) is 0 Å². The summed E-state index contributed by atoms with van der Waals surface area (Å²) < 4.78 is 11.5. The molecule has 0 aliphatic rings. The second-order valence-corrected chi connectivity index (χ2v) is 3.97. The Hall–Kier alpha value is -1.49. The van der Waals surface area contributed by atoms with Crippen molar-refractivity contribution in [2.45, 2.75) is 0 Å². The largest absolute Gasteiger partial charge is 0.493 e. The molecule has 0 radical (unpaired) electrons. The van der Waals surface area contributed by atoms with Crippen molar-refractivity contribution in [3.05, 3.63) is 12.1 Å². The number of nitrogens with zero attached hydrogens (tertiary/aromatic N) is 1. The van der Waals surface area contributed by atoms with E-state index >= 15 is 0 Å². The van der Waals surface area contributed by atoms with E-state index in [0.717, 1.165) is 21.1 Å². The average molecular weight is 224 g/mol. The minimum Gasteiger partial charge on any atom is -0.493 e. The molecule has 80 valence electrons. The van der Waals surface area contributed by atoms with E-state index in [4.69, 9.17) is 9.47 Å². The first-order valence-corrected chi connectivity index (χ1v) is 5.30. The van der Waals surface area contributed by atoms with Crippen molar-refractivity contribution in [1.82, 2.24) is 4.98 Å². The van der Waals surface area contributed by atoms with Gasteiger partial charge in [-0.15, -0.1) is 0 Å². The zero-order valence-electron chi connectivity index (χ0n) is 8.83. The van der Waals surface area contributed by atoms with E-state index in [1.165, 1.54) is 0 Å². The van der Waals surface area contributed by atoms with Gasteiger partial charge in [0, 0.05) is 19.2 Å². The van der Waals surface area contributed by atoms with Crippen molar-refractivity contribution in [3.8, 4) is 11.5 Å². The molecule has 0 unspecified atom stereocenters. The Kier molecular flexibility index (Phi) is 2.64. The van der Waals surface area contributed by atoms with Gasteiger partial charge in [0.05, 0.1) is 24.4 Å². The number of thiazole rings is 1. The Morgan fingerprint density at radius 1 is 1.20 bits per heavy atom. The number of methoxy groups -OCH3 is 2. The standard InChI is InChI=1S/C10H12N2O2S/c1-11-10-12-6-4-7(13-2)8(14-3)5-9(6)15-10/h4-5H,1-3H3,(H,11,12). The predicted molar refractivity (Wildman–Crippen MR) is 62.3 cm³/mol. The molecule has 0 amide bonds. The quantitative estimate of drug-likeness (QED) is 0.869. The Bertz CT molecular complexity index is 440. The van der Waals surface area contributed by atoms with Crippen LogP contribution in [-0.4, -0.2) is 26.3 Å². The van der Waals surface area contributed by atoms with Gasteiger partial charge in [-0.25, -0.2) is 4.98 Å². The lowest BCUT2D eigenvalue weighted by Crippen LogP contribution is -1.89. The molecule has 0 aliphatic heterocycles. The summed E-state index contributed by atoms with van der Waals surface area (Å²) in [5.41, 5.74) is 0.919. The van der Waals surface area contributed by atoms with E-state index in [1.807, 2.05) is 19.2 Å². The van der Waals surface area contributed by atoms with Crippen molar-refractivity contribution in [3.63, 3.8) is 0 Å². The van der Waals surface area contributed by atoms with Gasteiger partial charge < -0.3 is 14.8 Å². The van der Waals surface area contributed by atoms with Crippen LogP contribution < -0.4 is 14.8 Å². The lowest BCUT2D eigenvalue weighted by Gasteiger charge is -2.05. The number of aromatic nitrogens is 1. The van der Waals surface area contributed by atoms with Crippen molar-refractivity contribution in [2.24, 2.45) is 0 Å². The lowest BCUT2D eigenvalue weighted by molar-refractivity contribution is 0.356. The van der Waals surface area contributed by atoms with E-state index < -0.39 is 0 Å². The van der Waals surface area contributed by atoms with Crippen LogP contribution in [0, 0.1) is 0 Å². The third-order valence-electron chi connectivity index (χ3n) is 2.11. The van der Waals surface area contributed by atoms with E-state index in [9.17, 15) is 0 Å². The predicted octanol–water partition coefficient (Wildman–Crippen LogP) is 2.36. The molecule has 2 rings (SSSR count). The van der Waals surface area contributed by atoms with Crippen LogP contribution in [0.2, 0.25) is 0 Å². The van der Waals surface area contributed by atoms with Gasteiger partial charge in [-0.1, -0.05) is 11.3 Å². The molecule has 1 aromatic heterocycles. The monoisotopic (exact) mass is 224 g/mol. The highest BCUT2D eigenvalue weighted by atomic mass is 32.1. The van der Waals surface area contributed by atoms with Gasteiger partial charge in [0.1, 0.15) is 0 Å². The molecular weight excluding hydrogens is 212 g/mol. The van der Waals surface area contributed by atoms with Crippen LogP contribution in [-0.2, 0) is 0 Å². The highest BCUT2D eigenvalue weighted by Crippen LogP contribution is 2.35. The van der Waals surface area contributed by atoms with Crippen LogP contribution in [0.1, 0.15) is 0 Å². The van der Waals surface area contributed by atoms with E-state index in [1.54, 1.807) is 25.6 Å². The molecule has 0 saturated carbocycles. The summed E-state index contributed by atoms with van der Waals surface area (Å²) in [5.74, 6) is 1.44. The van der Waals surface area contributed by atoms with Crippen LogP contribution in [0.4, 0.5) is 5.13 Å². The normalized spacial score (nSPS) is 10.3. The molecule has 15 heavy (non-hydrogen) atoms. The minimum absolute atomic E-state index is 0.706. The minimum atomic E-state index is 0.706. The molecule has 1 aromatic carbocycles. The molecule has 0 atom stereocenters. The van der Waals surface area contributed by atoms with Gasteiger partial charge in [0.15, 0.2) is 16.6 Å². The van der Waals surface area contributed by atoms with Gasteiger partial charge >= 0.3 is 0 Å². The van der Waals surface area contributed by atoms with Crippen LogP contribution >= 0.6 is 11.3 Å². The lowest BCUT2D eigenvalue weighted by atomic mass is 10.3. The summed E-state index contributed by atoms with van der Waals surface area (Å²) in [6.07, 6.45) is 0.